The van der Waals surface area contributed by atoms with Crippen molar-refractivity contribution in [1.29, 1.82) is 0 Å². The number of allylic oxidation sites excluding steroid dienone is 1. The largest absolute Gasteiger partial charge is 0.426 e. The van der Waals surface area contributed by atoms with Gasteiger partial charge in [-0.05, 0) is 37.5 Å². The van der Waals surface area contributed by atoms with E-state index in [1.165, 1.54) is 6.07 Å². The Bertz CT molecular complexity index is 669. The van der Waals surface area contributed by atoms with E-state index in [9.17, 15) is 9.59 Å². The van der Waals surface area contributed by atoms with Gasteiger partial charge in [0.15, 0.2) is 0 Å². The first-order valence-corrected chi connectivity index (χ1v) is 6.54. The van der Waals surface area contributed by atoms with Gasteiger partial charge in [-0.15, -0.1) is 6.58 Å². The number of hydrogen-bond acceptors (Lipinski definition) is 4. The standard InChI is InChI=1S/C16H16O4/c1-2-3-4-5-6-15(17)19-13-9-7-12-8-10-16(18)20-14(12)11-13/h2,7-11H,1,3-6H2. The summed E-state index contributed by atoms with van der Waals surface area (Å²) in [5.41, 5.74) is -0.0140. The van der Waals surface area contributed by atoms with Gasteiger partial charge in [-0.3, -0.25) is 4.79 Å². The van der Waals surface area contributed by atoms with Gasteiger partial charge in [-0.2, -0.15) is 0 Å². The number of carbonyl (C=O) groups excluding carboxylic acids is 1. The Kier molecular flexibility index (Phi) is 4.71. The summed E-state index contributed by atoms with van der Waals surface area (Å²) in [6.07, 6.45) is 4.79. The molecule has 0 aliphatic rings. The molecule has 4 heteroatoms. The van der Waals surface area contributed by atoms with Crippen molar-refractivity contribution in [3.63, 3.8) is 0 Å². The smallest absolute Gasteiger partial charge is 0.336 e. The van der Waals surface area contributed by atoms with Crippen molar-refractivity contribution in [2.45, 2.75) is 25.7 Å². The minimum atomic E-state index is -0.426. The second-order valence-electron chi connectivity index (χ2n) is 4.46. The van der Waals surface area contributed by atoms with E-state index in [-0.39, 0.29) is 5.97 Å². The molecule has 1 aromatic carbocycles. The van der Waals surface area contributed by atoms with Crippen LogP contribution in [0.2, 0.25) is 0 Å². The third kappa shape index (κ3) is 3.82. The molecule has 4 nitrogen and oxygen atoms in total. The molecule has 104 valence electrons. The van der Waals surface area contributed by atoms with Crippen LogP contribution in [0.4, 0.5) is 0 Å². The minimum absolute atomic E-state index is 0.285. The second kappa shape index (κ2) is 6.70. The quantitative estimate of drug-likeness (QED) is 0.266. The lowest BCUT2D eigenvalue weighted by atomic mass is 10.2. The summed E-state index contributed by atoms with van der Waals surface area (Å²) in [4.78, 5) is 22.8. The number of fused-ring (bicyclic) bond motifs is 1. The van der Waals surface area contributed by atoms with E-state index >= 15 is 0 Å². The fourth-order valence-corrected chi connectivity index (χ4v) is 1.84. The molecule has 0 spiro atoms. The first kappa shape index (κ1) is 14.1. The Morgan fingerprint density at radius 1 is 1.25 bits per heavy atom. The van der Waals surface area contributed by atoms with Crippen LogP contribution in [0.1, 0.15) is 25.7 Å². The van der Waals surface area contributed by atoms with Crippen LogP contribution in [0.3, 0.4) is 0 Å². The fourth-order valence-electron chi connectivity index (χ4n) is 1.84. The lowest BCUT2D eigenvalue weighted by Gasteiger charge is -2.04. The number of benzene rings is 1. The van der Waals surface area contributed by atoms with Gasteiger partial charge in [-0.25, -0.2) is 4.79 Å². The Morgan fingerprint density at radius 3 is 2.85 bits per heavy atom. The predicted molar refractivity (Wildman–Crippen MR) is 76.8 cm³/mol. The van der Waals surface area contributed by atoms with Gasteiger partial charge >= 0.3 is 11.6 Å². The minimum Gasteiger partial charge on any atom is -0.426 e. The van der Waals surface area contributed by atoms with Gasteiger partial charge in [0.1, 0.15) is 11.3 Å². The van der Waals surface area contributed by atoms with Gasteiger partial charge < -0.3 is 9.15 Å². The average Bonchev–Trinajstić information content (AvgIpc) is 2.43. The van der Waals surface area contributed by atoms with Gasteiger partial charge in [0.2, 0.25) is 0 Å². The third-order valence-corrected chi connectivity index (χ3v) is 2.87. The van der Waals surface area contributed by atoms with Crippen molar-refractivity contribution in [3.05, 3.63) is 53.4 Å². The van der Waals surface area contributed by atoms with Crippen LogP contribution in [-0.2, 0) is 4.79 Å². The molecule has 20 heavy (non-hydrogen) atoms. The highest BCUT2D eigenvalue weighted by Crippen LogP contribution is 2.20. The lowest BCUT2D eigenvalue weighted by Crippen LogP contribution is -2.07. The number of carbonyl (C=O) groups is 1. The van der Waals surface area contributed by atoms with Crippen LogP contribution >= 0.6 is 0 Å². The molecule has 0 saturated carbocycles. The van der Waals surface area contributed by atoms with Gasteiger partial charge in [0.25, 0.3) is 0 Å². The highest BCUT2D eigenvalue weighted by atomic mass is 16.5. The third-order valence-electron chi connectivity index (χ3n) is 2.87. The topological polar surface area (TPSA) is 56.5 Å². The highest BCUT2D eigenvalue weighted by molar-refractivity contribution is 5.79. The maximum absolute atomic E-state index is 11.6. The van der Waals surface area contributed by atoms with Crippen LogP contribution in [0.5, 0.6) is 5.75 Å². The summed E-state index contributed by atoms with van der Waals surface area (Å²) in [6, 6.07) is 8.01. The molecular formula is C16H16O4. The van der Waals surface area contributed by atoms with Crippen LogP contribution < -0.4 is 10.4 Å². The van der Waals surface area contributed by atoms with E-state index < -0.39 is 5.63 Å². The van der Waals surface area contributed by atoms with Crippen molar-refractivity contribution in [1.82, 2.24) is 0 Å². The van der Waals surface area contributed by atoms with Crippen molar-refractivity contribution in [2.75, 3.05) is 0 Å². The molecule has 2 aromatic rings. The number of hydrogen-bond donors (Lipinski definition) is 0. The summed E-state index contributed by atoms with van der Waals surface area (Å²) >= 11 is 0. The normalized spacial score (nSPS) is 10.4. The Labute approximate surface area is 116 Å². The number of ether oxygens (including phenoxy) is 1. The molecular weight excluding hydrogens is 256 g/mol. The van der Waals surface area contributed by atoms with Crippen molar-refractivity contribution >= 4 is 16.9 Å². The van der Waals surface area contributed by atoms with E-state index in [1.807, 2.05) is 6.08 Å². The molecule has 0 N–H and O–H groups in total. The maximum Gasteiger partial charge on any atom is 0.336 e. The first-order valence-electron chi connectivity index (χ1n) is 6.54. The monoisotopic (exact) mass is 272 g/mol. The molecule has 0 radical (unpaired) electrons. The number of esters is 1. The summed E-state index contributed by atoms with van der Waals surface area (Å²) < 4.78 is 10.3. The average molecular weight is 272 g/mol. The fraction of sp³-hybridized carbons (Fsp3) is 0.250. The Morgan fingerprint density at radius 2 is 2.05 bits per heavy atom. The Hall–Kier alpha value is -2.36. The zero-order chi connectivity index (χ0) is 14.4. The van der Waals surface area contributed by atoms with E-state index in [4.69, 9.17) is 9.15 Å². The molecule has 2 rings (SSSR count). The summed E-state index contributed by atoms with van der Waals surface area (Å²) in [5, 5.41) is 0.787. The van der Waals surface area contributed by atoms with Crippen molar-refractivity contribution < 1.29 is 13.9 Å². The molecule has 0 amide bonds. The second-order valence-corrected chi connectivity index (χ2v) is 4.46. The summed E-state index contributed by atoms with van der Waals surface area (Å²) in [7, 11) is 0. The van der Waals surface area contributed by atoms with E-state index in [0.29, 0.717) is 17.8 Å². The van der Waals surface area contributed by atoms with Crippen LogP contribution in [0.15, 0.2) is 52.2 Å². The summed E-state index contributed by atoms with van der Waals surface area (Å²) in [6.45, 7) is 3.63. The highest BCUT2D eigenvalue weighted by Gasteiger charge is 2.06. The summed E-state index contributed by atoms with van der Waals surface area (Å²) in [5.74, 6) is 0.104. The van der Waals surface area contributed by atoms with Gasteiger partial charge in [-0.1, -0.05) is 6.08 Å². The molecule has 0 bridgehead atoms. The van der Waals surface area contributed by atoms with E-state index in [1.54, 1.807) is 24.3 Å². The lowest BCUT2D eigenvalue weighted by molar-refractivity contribution is -0.134. The first-order chi connectivity index (χ1) is 9.69. The van der Waals surface area contributed by atoms with Gasteiger partial charge in [0.05, 0.1) is 0 Å². The molecule has 1 heterocycles. The maximum atomic E-state index is 11.6. The zero-order valence-corrected chi connectivity index (χ0v) is 11.1. The number of rotatable bonds is 6. The van der Waals surface area contributed by atoms with Crippen molar-refractivity contribution in [2.24, 2.45) is 0 Å². The molecule has 0 atom stereocenters. The van der Waals surface area contributed by atoms with Crippen LogP contribution in [0, 0.1) is 0 Å². The molecule has 1 aromatic heterocycles. The molecule has 0 unspecified atom stereocenters. The zero-order valence-electron chi connectivity index (χ0n) is 11.1. The predicted octanol–water partition coefficient (Wildman–Crippen LogP) is 3.44. The Balaban J connectivity index is 2.00. The SMILES string of the molecule is C=CCCCCC(=O)Oc1ccc2ccc(=O)oc2c1. The van der Waals surface area contributed by atoms with Crippen LogP contribution in [0.25, 0.3) is 11.0 Å². The van der Waals surface area contributed by atoms with Crippen molar-refractivity contribution in [3.8, 4) is 5.75 Å². The van der Waals surface area contributed by atoms with Gasteiger partial charge in [0, 0.05) is 23.9 Å². The molecule has 0 aliphatic heterocycles. The van der Waals surface area contributed by atoms with E-state index in [2.05, 4.69) is 6.58 Å². The molecule has 0 aliphatic carbocycles. The molecule has 0 saturated heterocycles. The molecule has 0 fully saturated rings. The van der Waals surface area contributed by atoms with E-state index in [0.717, 1.165) is 24.6 Å². The number of unbranched alkanes of at least 4 members (excludes halogenated alkanes) is 2. The van der Waals surface area contributed by atoms with Crippen LogP contribution in [-0.4, -0.2) is 5.97 Å².